The van der Waals surface area contributed by atoms with Gasteiger partial charge in [-0.2, -0.15) is 0 Å². The summed E-state index contributed by atoms with van der Waals surface area (Å²) in [5, 5.41) is 9.92. The third kappa shape index (κ3) is 3.27. The quantitative estimate of drug-likeness (QED) is 0.335. The number of carbonyl (C=O) groups is 1. The molecule has 2 rings (SSSR count). The van der Waals surface area contributed by atoms with Crippen molar-refractivity contribution >= 4 is 35.0 Å². The summed E-state index contributed by atoms with van der Waals surface area (Å²) >= 11 is 12.0. The van der Waals surface area contributed by atoms with Gasteiger partial charge in [0.15, 0.2) is 0 Å². The monoisotopic (exact) mass is 354 g/mol. The van der Waals surface area contributed by atoms with Crippen LogP contribution in [0.25, 0.3) is 0 Å². The van der Waals surface area contributed by atoms with E-state index in [1.165, 1.54) is 0 Å². The van der Waals surface area contributed by atoms with Crippen LogP contribution in [0.4, 0.5) is 0 Å². The maximum Gasteiger partial charge on any atom is 0.319 e. The van der Waals surface area contributed by atoms with E-state index in [2.05, 4.69) is 0 Å². The van der Waals surface area contributed by atoms with Crippen LogP contribution < -0.4 is 11.5 Å². The van der Waals surface area contributed by atoms with Gasteiger partial charge in [-0.3, -0.25) is 10.0 Å². The second kappa shape index (κ2) is 6.74. The highest BCUT2D eigenvalue weighted by atomic mass is 35.5. The molecule has 0 aliphatic heterocycles. The molecule has 0 heterocycles. The summed E-state index contributed by atoms with van der Waals surface area (Å²) in [7, 11) is 0. The number of allylic oxidation sites excluding steroid dienone is 2. The predicted octanol–water partition coefficient (Wildman–Crippen LogP) is 2.42. The zero-order valence-corrected chi connectivity index (χ0v) is 14.1. The van der Waals surface area contributed by atoms with Gasteiger partial charge in [0.25, 0.3) is 5.71 Å². The molecular weight excluding hydrogens is 337 g/mol. The molecule has 0 bridgehead atoms. The number of benzene rings is 1. The standard InChI is InChI=1S/C16H17Cl2N3O2/c1-10(21(18)23)16(20)9-5-8-12(17)14(16)13(15(19)22)11-6-3-2-4-7-11/h2-8,13H,9,20H2,1H3,(H2-,19,22,23)/p+1/b21-10-. The van der Waals surface area contributed by atoms with Crippen LogP contribution >= 0.6 is 23.4 Å². The van der Waals surface area contributed by atoms with E-state index in [4.69, 9.17) is 34.8 Å². The fourth-order valence-corrected chi connectivity index (χ4v) is 3.30. The van der Waals surface area contributed by atoms with Crippen LogP contribution in [0.5, 0.6) is 0 Å². The third-order valence-corrected chi connectivity index (χ3v) is 4.65. The van der Waals surface area contributed by atoms with Gasteiger partial charge in [-0.25, -0.2) is 0 Å². The molecule has 7 heteroatoms. The number of primary amides is 1. The van der Waals surface area contributed by atoms with Crippen LogP contribution in [-0.2, 0) is 4.79 Å². The van der Waals surface area contributed by atoms with Crippen LogP contribution in [0.3, 0.4) is 0 Å². The van der Waals surface area contributed by atoms with Crippen molar-refractivity contribution in [3.8, 4) is 0 Å². The lowest BCUT2D eigenvalue weighted by Crippen LogP contribution is -2.54. The van der Waals surface area contributed by atoms with Crippen LogP contribution in [0.1, 0.15) is 24.8 Å². The number of halogens is 2. The Morgan fingerprint density at radius 2 is 2.00 bits per heavy atom. The van der Waals surface area contributed by atoms with Gasteiger partial charge in [0.05, 0.1) is 10.2 Å². The molecule has 0 aromatic heterocycles. The van der Waals surface area contributed by atoms with Crippen LogP contribution in [0.15, 0.2) is 53.1 Å². The van der Waals surface area contributed by atoms with E-state index in [0.29, 0.717) is 26.8 Å². The lowest BCUT2D eigenvalue weighted by molar-refractivity contribution is -0.665. The highest BCUT2D eigenvalue weighted by Crippen LogP contribution is 2.40. The van der Waals surface area contributed by atoms with Gasteiger partial charge in [-0.1, -0.05) is 48.0 Å². The highest BCUT2D eigenvalue weighted by Gasteiger charge is 2.47. The van der Waals surface area contributed by atoms with Crippen LogP contribution in [0, 0.1) is 0 Å². The molecule has 0 spiro atoms. The summed E-state index contributed by atoms with van der Waals surface area (Å²) in [6, 6.07) is 8.98. The van der Waals surface area contributed by atoms with Gasteiger partial charge in [-0.15, -0.1) is 0 Å². The van der Waals surface area contributed by atoms with Crippen molar-refractivity contribution in [1.29, 1.82) is 0 Å². The molecule has 23 heavy (non-hydrogen) atoms. The van der Waals surface area contributed by atoms with Crippen molar-refractivity contribution in [1.82, 2.24) is 0 Å². The Hall–Kier alpha value is -1.82. The highest BCUT2D eigenvalue weighted by molar-refractivity contribution is 6.32. The minimum Gasteiger partial charge on any atom is -0.369 e. The summed E-state index contributed by atoms with van der Waals surface area (Å²) < 4.78 is 0.423. The van der Waals surface area contributed by atoms with E-state index in [0.717, 1.165) is 0 Å². The first-order valence-corrected chi connectivity index (χ1v) is 7.69. The molecule has 1 aliphatic carbocycles. The Kier molecular flexibility index (Phi) is 5.14. The number of rotatable bonds is 4. The van der Waals surface area contributed by atoms with Crippen molar-refractivity contribution in [2.75, 3.05) is 0 Å². The van der Waals surface area contributed by atoms with Crippen LogP contribution in [0.2, 0.25) is 0 Å². The molecule has 122 valence electrons. The van der Waals surface area contributed by atoms with Gasteiger partial charge >= 0.3 is 11.8 Å². The Bertz CT molecular complexity index is 709. The van der Waals surface area contributed by atoms with E-state index >= 15 is 0 Å². The molecule has 1 aromatic rings. The molecule has 0 saturated heterocycles. The number of amides is 1. The fourth-order valence-electron chi connectivity index (χ4n) is 2.78. The minimum atomic E-state index is -1.22. The first kappa shape index (κ1) is 17.5. The molecule has 2 atom stereocenters. The number of nitrogens with zero attached hydrogens (tertiary/aromatic N) is 1. The molecule has 1 aromatic carbocycles. The zero-order valence-electron chi connectivity index (χ0n) is 12.5. The Balaban J connectivity index is 2.70. The molecule has 0 radical (unpaired) electrons. The Morgan fingerprint density at radius 1 is 1.39 bits per heavy atom. The predicted molar refractivity (Wildman–Crippen MR) is 90.5 cm³/mol. The minimum absolute atomic E-state index is 0.249. The summed E-state index contributed by atoms with van der Waals surface area (Å²) in [5.41, 5.74) is 12.2. The first-order valence-electron chi connectivity index (χ1n) is 6.97. The van der Waals surface area contributed by atoms with Crippen molar-refractivity contribution in [2.24, 2.45) is 11.5 Å². The number of nitrogens with two attached hydrogens (primary N) is 2. The van der Waals surface area contributed by atoms with Crippen molar-refractivity contribution in [3.05, 3.63) is 58.7 Å². The van der Waals surface area contributed by atoms with Gasteiger partial charge in [0.1, 0.15) is 5.54 Å². The molecule has 0 fully saturated rings. The van der Waals surface area contributed by atoms with Crippen molar-refractivity contribution in [3.63, 3.8) is 0 Å². The van der Waals surface area contributed by atoms with Crippen LogP contribution in [-0.4, -0.2) is 26.6 Å². The van der Waals surface area contributed by atoms with E-state index in [1.807, 2.05) is 6.07 Å². The van der Waals surface area contributed by atoms with E-state index in [1.54, 1.807) is 43.3 Å². The van der Waals surface area contributed by atoms with Gasteiger partial charge in [-0.05, 0) is 23.6 Å². The van der Waals surface area contributed by atoms with Gasteiger partial charge in [0, 0.05) is 12.0 Å². The van der Waals surface area contributed by atoms with E-state index in [-0.39, 0.29) is 5.71 Å². The topological polar surface area (TPSA) is 92.3 Å². The van der Waals surface area contributed by atoms with Gasteiger partial charge in [0.2, 0.25) is 5.91 Å². The third-order valence-electron chi connectivity index (χ3n) is 4.07. The number of hydrogen-bond donors (Lipinski definition) is 3. The lowest BCUT2D eigenvalue weighted by Gasteiger charge is -2.34. The largest absolute Gasteiger partial charge is 0.369 e. The second-order valence-electron chi connectivity index (χ2n) is 5.43. The molecule has 2 unspecified atom stereocenters. The van der Waals surface area contributed by atoms with E-state index in [9.17, 15) is 10.0 Å². The molecule has 1 aliphatic rings. The molecule has 5 nitrogen and oxygen atoms in total. The van der Waals surface area contributed by atoms with E-state index < -0.39 is 17.4 Å². The average Bonchev–Trinajstić information content (AvgIpc) is 2.50. The Morgan fingerprint density at radius 3 is 2.52 bits per heavy atom. The van der Waals surface area contributed by atoms with Crippen molar-refractivity contribution in [2.45, 2.75) is 24.8 Å². The zero-order chi connectivity index (χ0) is 17.2. The summed E-state index contributed by atoms with van der Waals surface area (Å²) in [6.07, 6.45) is 3.76. The summed E-state index contributed by atoms with van der Waals surface area (Å²) in [6.45, 7) is 1.57. The number of carbonyl (C=O) groups excluding carboxylic acids is 1. The lowest BCUT2D eigenvalue weighted by atomic mass is 9.72. The summed E-state index contributed by atoms with van der Waals surface area (Å²) in [4.78, 5) is 12.2. The smallest absolute Gasteiger partial charge is 0.319 e. The molecule has 1 amide bonds. The maximum absolute atomic E-state index is 12.2. The maximum atomic E-state index is 12.2. The molecular formula is C16H18Cl2N3O2+. The average molecular weight is 355 g/mol. The Labute approximate surface area is 144 Å². The first-order chi connectivity index (χ1) is 10.8. The SMILES string of the molecule is C/C(=[N+](/O)Cl)C1(N)CC=CC(Cl)=C1C(C(N)=O)c1ccccc1. The van der Waals surface area contributed by atoms with Gasteiger partial charge < -0.3 is 11.5 Å². The van der Waals surface area contributed by atoms with Crippen molar-refractivity contribution < 1.29 is 14.3 Å². The number of hydrogen-bond acceptors (Lipinski definition) is 3. The fraction of sp³-hybridized carbons (Fsp3) is 0.250. The normalized spacial score (nSPS) is 23.5. The molecule has 0 saturated carbocycles. The summed E-state index contributed by atoms with van der Waals surface area (Å²) in [5.74, 6) is -1.41. The second-order valence-corrected chi connectivity index (χ2v) is 6.16. The molecule has 5 N–H and O–H groups in total.